The number of carbonyl (C=O) groups is 1. The molecule has 6 nitrogen and oxygen atoms in total. The third-order valence-corrected chi connectivity index (χ3v) is 5.90. The van der Waals surface area contributed by atoms with E-state index in [1.54, 1.807) is 4.68 Å². The van der Waals surface area contributed by atoms with E-state index in [0.29, 0.717) is 17.1 Å². The predicted octanol–water partition coefficient (Wildman–Crippen LogP) is 5.30. The molecule has 0 unspecified atom stereocenters. The molecule has 0 aliphatic heterocycles. The van der Waals surface area contributed by atoms with Gasteiger partial charge in [-0.3, -0.25) is 9.36 Å². The molecule has 4 aromatic rings. The molecule has 0 saturated carbocycles. The summed E-state index contributed by atoms with van der Waals surface area (Å²) >= 11 is 5.70. The van der Waals surface area contributed by atoms with Crippen LogP contribution in [0.2, 0.25) is 0 Å². The maximum atomic E-state index is 12.8. The van der Waals surface area contributed by atoms with Gasteiger partial charge in [-0.05, 0) is 61.0 Å². The van der Waals surface area contributed by atoms with Crippen molar-refractivity contribution in [1.82, 2.24) is 14.3 Å². The Morgan fingerprint density at radius 3 is 2.39 bits per heavy atom. The number of carbonyl (C=O) groups excluding carboxylic acids is 1. The summed E-state index contributed by atoms with van der Waals surface area (Å²) in [5, 5.41) is 7.61. The molecule has 0 aliphatic carbocycles. The van der Waals surface area contributed by atoms with Gasteiger partial charge < -0.3 is 10.1 Å². The highest BCUT2D eigenvalue weighted by atomic mass is 32.1. The second-order valence-corrected chi connectivity index (χ2v) is 8.19. The molecule has 1 aromatic heterocycles. The van der Waals surface area contributed by atoms with Crippen molar-refractivity contribution in [2.45, 2.75) is 33.5 Å². The van der Waals surface area contributed by atoms with Crippen LogP contribution in [-0.4, -0.2) is 20.3 Å². The number of nitrogens with one attached hydrogen (secondary N) is 1. The summed E-state index contributed by atoms with van der Waals surface area (Å²) < 4.78 is 9.87. The van der Waals surface area contributed by atoms with Gasteiger partial charge in [0.05, 0.1) is 6.54 Å². The second kappa shape index (κ2) is 10.3. The topological polar surface area (TPSA) is 61.1 Å². The van der Waals surface area contributed by atoms with Crippen LogP contribution in [0.4, 0.5) is 5.69 Å². The summed E-state index contributed by atoms with van der Waals surface area (Å²) in [6.07, 6.45) is 0. The number of ether oxygens (including phenoxy) is 1. The average molecular weight is 459 g/mol. The van der Waals surface area contributed by atoms with E-state index in [1.165, 1.54) is 0 Å². The summed E-state index contributed by atoms with van der Waals surface area (Å²) in [7, 11) is 0. The minimum atomic E-state index is -0.181. The largest absolute Gasteiger partial charge is 0.486 e. The lowest BCUT2D eigenvalue weighted by Crippen LogP contribution is -2.20. The molecule has 0 aliphatic rings. The van der Waals surface area contributed by atoms with Crippen LogP contribution in [0.5, 0.6) is 5.75 Å². The number of rotatable bonds is 8. The third kappa shape index (κ3) is 5.56. The van der Waals surface area contributed by atoms with Crippen LogP contribution in [-0.2, 0) is 24.5 Å². The molecule has 0 saturated heterocycles. The summed E-state index contributed by atoms with van der Waals surface area (Å²) in [5.41, 5.74) is 4.05. The zero-order valence-electron chi connectivity index (χ0n) is 18.7. The highest BCUT2D eigenvalue weighted by Gasteiger charge is 2.15. The van der Waals surface area contributed by atoms with Gasteiger partial charge in [-0.1, -0.05) is 60.7 Å². The first-order valence-corrected chi connectivity index (χ1v) is 11.2. The molecule has 4 rings (SSSR count). The SMILES string of the molecule is Cc1cccc(NC(=O)Cn2nc(COc3ccccc3)n(Cc3ccccc3)c2=S)c1C. The van der Waals surface area contributed by atoms with E-state index < -0.39 is 0 Å². The fourth-order valence-electron chi connectivity index (χ4n) is 3.50. The van der Waals surface area contributed by atoms with Crippen molar-refractivity contribution in [3.63, 3.8) is 0 Å². The molecule has 0 radical (unpaired) electrons. The zero-order chi connectivity index (χ0) is 23.2. The lowest BCUT2D eigenvalue weighted by molar-refractivity contribution is -0.116. The number of aryl methyl sites for hydroxylation is 1. The molecule has 1 N–H and O–H groups in total. The normalized spacial score (nSPS) is 10.7. The van der Waals surface area contributed by atoms with Gasteiger partial charge >= 0.3 is 0 Å². The number of aromatic nitrogens is 3. The number of amides is 1. The van der Waals surface area contributed by atoms with Crippen molar-refractivity contribution < 1.29 is 9.53 Å². The van der Waals surface area contributed by atoms with E-state index in [9.17, 15) is 4.79 Å². The standard InChI is InChI=1S/C26H26N4O2S/c1-19-10-9-15-23(20(19)2)27-25(31)17-30-26(33)29(16-21-11-5-3-6-12-21)24(28-30)18-32-22-13-7-4-8-14-22/h3-15H,16-18H2,1-2H3,(H,27,31). The molecule has 1 amide bonds. The minimum absolute atomic E-state index is 0.0202. The van der Waals surface area contributed by atoms with Crippen LogP contribution in [0.1, 0.15) is 22.5 Å². The Hall–Kier alpha value is -3.71. The first kappa shape index (κ1) is 22.5. The van der Waals surface area contributed by atoms with E-state index in [0.717, 1.165) is 28.1 Å². The Morgan fingerprint density at radius 1 is 0.970 bits per heavy atom. The number of hydrogen-bond acceptors (Lipinski definition) is 4. The van der Waals surface area contributed by atoms with E-state index >= 15 is 0 Å². The van der Waals surface area contributed by atoms with Crippen LogP contribution in [0, 0.1) is 18.6 Å². The molecule has 168 valence electrons. The first-order valence-electron chi connectivity index (χ1n) is 10.8. The molecule has 0 fully saturated rings. The van der Waals surface area contributed by atoms with Gasteiger partial charge in [0.2, 0.25) is 5.91 Å². The van der Waals surface area contributed by atoms with Gasteiger partial charge in [0.1, 0.15) is 18.9 Å². The average Bonchev–Trinajstić information content (AvgIpc) is 3.11. The van der Waals surface area contributed by atoms with Gasteiger partial charge in [-0.15, -0.1) is 0 Å². The highest BCUT2D eigenvalue weighted by Crippen LogP contribution is 2.18. The number of anilines is 1. The molecule has 1 heterocycles. The molecule has 33 heavy (non-hydrogen) atoms. The van der Waals surface area contributed by atoms with E-state index in [2.05, 4.69) is 10.4 Å². The van der Waals surface area contributed by atoms with Crippen LogP contribution >= 0.6 is 12.2 Å². The van der Waals surface area contributed by atoms with E-state index in [1.807, 2.05) is 97.3 Å². The fourth-order valence-corrected chi connectivity index (χ4v) is 3.77. The van der Waals surface area contributed by atoms with Gasteiger partial charge in [-0.25, -0.2) is 4.68 Å². The van der Waals surface area contributed by atoms with Gasteiger partial charge in [-0.2, -0.15) is 5.10 Å². The Kier molecular flexibility index (Phi) is 7.00. The summed E-state index contributed by atoms with van der Waals surface area (Å²) in [4.78, 5) is 12.8. The third-order valence-electron chi connectivity index (χ3n) is 5.47. The van der Waals surface area contributed by atoms with Crippen LogP contribution < -0.4 is 10.1 Å². The molecule has 0 spiro atoms. The lowest BCUT2D eigenvalue weighted by Gasteiger charge is -2.10. The molecule has 3 aromatic carbocycles. The van der Waals surface area contributed by atoms with Gasteiger partial charge in [0, 0.05) is 5.69 Å². The number of nitrogens with zero attached hydrogens (tertiary/aromatic N) is 3. The maximum absolute atomic E-state index is 12.8. The van der Waals surface area contributed by atoms with Gasteiger partial charge in [0.25, 0.3) is 0 Å². The minimum Gasteiger partial charge on any atom is -0.486 e. The van der Waals surface area contributed by atoms with Crippen LogP contribution in [0.3, 0.4) is 0 Å². The van der Waals surface area contributed by atoms with E-state index in [-0.39, 0.29) is 19.1 Å². The predicted molar refractivity (Wildman–Crippen MR) is 132 cm³/mol. The summed E-state index contributed by atoms with van der Waals surface area (Å²) in [6.45, 7) is 4.82. The Bertz CT molecular complexity index is 1300. The first-order chi connectivity index (χ1) is 16.0. The molecular formula is C26H26N4O2S. The fraction of sp³-hybridized carbons (Fsp3) is 0.192. The van der Waals surface area contributed by atoms with Crippen molar-refractivity contribution in [2.75, 3.05) is 5.32 Å². The van der Waals surface area contributed by atoms with Crippen molar-refractivity contribution >= 4 is 23.8 Å². The van der Waals surface area contributed by atoms with Crippen molar-refractivity contribution in [2.24, 2.45) is 0 Å². The summed E-state index contributed by atoms with van der Waals surface area (Å²) in [6, 6.07) is 25.4. The molecular weight excluding hydrogens is 432 g/mol. The number of hydrogen-bond donors (Lipinski definition) is 1. The monoisotopic (exact) mass is 458 g/mol. The smallest absolute Gasteiger partial charge is 0.246 e. The van der Waals surface area contributed by atoms with Gasteiger partial charge in [0.15, 0.2) is 10.6 Å². The molecule has 0 bridgehead atoms. The Labute approximate surface area is 198 Å². The second-order valence-electron chi connectivity index (χ2n) is 7.83. The lowest BCUT2D eigenvalue weighted by atomic mass is 10.1. The Balaban J connectivity index is 1.57. The number of benzene rings is 3. The zero-order valence-corrected chi connectivity index (χ0v) is 19.5. The Morgan fingerprint density at radius 2 is 1.67 bits per heavy atom. The number of para-hydroxylation sites is 1. The molecule has 0 atom stereocenters. The highest BCUT2D eigenvalue weighted by molar-refractivity contribution is 7.71. The van der Waals surface area contributed by atoms with Crippen LogP contribution in [0.15, 0.2) is 78.9 Å². The van der Waals surface area contributed by atoms with Crippen LogP contribution in [0.25, 0.3) is 0 Å². The summed E-state index contributed by atoms with van der Waals surface area (Å²) in [5.74, 6) is 1.23. The van der Waals surface area contributed by atoms with E-state index in [4.69, 9.17) is 17.0 Å². The maximum Gasteiger partial charge on any atom is 0.246 e. The van der Waals surface area contributed by atoms with Crippen molar-refractivity contribution in [3.8, 4) is 5.75 Å². The molecule has 7 heteroatoms. The van der Waals surface area contributed by atoms with Crippen molar-refractivity contribution in [1.29, 1.82) is 0 Å². The van der Waals surface area contributed by atoms with Crippen molar-refractivity contribution in [3.05, 3.63) is 106 Å². The quantitative estimate of drug-likeness (QED) is 0.364.